The number of carboxylic acids is 1. The Morgan fingerprint density at radius 2 is 1.29 bits per heavy atom. The first-order valence-electron chi connectivity index (χ1n) is 9.45. The number of aliphatic carboxylic acids is 1. The van der Waals surface area contributed by atoms with E-state index in [-0.39, 0.29) is 0 Å². The minimum Gasteiger partial charge on any atom is -0.481 e. The fraction of sp³-hybridized carbons (Fsp3) is 0.947. The molecule has 0 amide bonds. The largest absolute Gasteiger partial charge is 0.481 e. The average molecular weight is 296 g/mol. The Labute approximate surface area is 131 Å². The van der Waals surface area contributed by atoms with Crippen molar-refractivity contribution in [3.8, 4) is 0 Å². The highest BCUT2D eigenvalue weighted by molar-refractivity contribution is 5.66. The van der Waals surface area contributed by atoms with Crippen LogP contribution in [0.3, 0.4) is 0 Å². The number of hydrogen-bond donors (Lipinski definition) is 1. The molecule has 0 aromatic heterocycles. The first-order valence-corrected chi connectivity index (χ1v) is 9.45. The molecule has 1 N–H and O–H groups in total. The summed E-state index contributed by atoms with van der Waals surface area (Å²) in [6.45, 7) is 2.28. The zero-order valence-electron chi connectivity index (χ0n) is 14.1. The molecule has 0 aliphatic heterocycles. The molecular weight excluding hydrogens is 260 g/mol. The number of unbranched alkanes of at least 4 members (excludes halogenated alkanes) is 9. The predicted octanol–water partition coefficient (Wildman–Crippen LogP) is 6.19. The number of hydrogen-bond acceptors (Lipinski definition) is 1. The standard InChI is InChI=1S/C19H36O2/c1-2-3-4-5-7-10-13-17-16-18(17)14-11-8-6-9-12-15-19(20)21/h17-18H,2-16H2,1H3,(H,20,21)/t17-,18-/m1/s1. The van der Waals surface area contributed by atoms with E-state index in [9.17, 15) is 4.79 Å². The molecule has 0 spiro atoms. The molecule has 1 saturated carbocycles. The van der Waals surface area contributed by atoms with Crippen molar-refractivity contribution in [3.05, 3.63) is 0 Å². The Morgan fingerprint density at radius 3 is 1.81 bits per heavy atom. The molecular formula is C19H36O2. The maximum atomic E-state index is 10.4. The molecule has 0 heterocycles. The summed E-state index contributed by atoms with van der Waals surface area (Å²) in [5.74, 6) is 1.45. The molecule has 2 heteroatoms. The van der Waals surface area contributed by atoms with Gasteiger partial charge in [-0.05, 0) is 24.7 Å². The molecule has 0 saturated heterocycles. The van der Waals surface area contributed by atoms with Gasteiger partial charge in [-0.15, -0.1) is 0 Å². The third-order valence-corrected chi connectivity index (χ3v) is 4.96. The van der Waals surface area contributed by atoms with Crippen LogP contribution in [0, 0.1) is 11.8 Å². The topological polar surface area (TPSA) is 37.3 Å². The lowest BCUT2D eigenvalue weighted by Gasteiger charge is -2.02. The summed E-state index contributed by atoms with van der Waals surface area (Å²) in [7, 11) is 0. The van der Waals surface area contributed by atoms with Gasteiger partial charge in [0.2, 0.25) is 0 Å². The minimum atomic E-state index is -0.648. The van der Waals surface area contributed by atoms with E-state index < -0.39 is 5.97 Å². The molecule has 1 aliphatic carbocycles. The lowest BCUT2D eigenvalue weighted by atomic mass is 10.0. The van der Waals surface area contributed by atoms with Crippen molar-refractivity contribution in [3.63, 3.8) is 0 Å². The van der Waals surface area contributed by atoms with E-state index >= 15 is 0 Å². The molecule has 0 aromatic carbocycles. The second kappa shape index (κ2) is 12.1. The normalized spacial score (nSPS) is 20.6. The van der Waals surface area contributed by atoms with Crippen molar-refractivity contribution in [1.82, 2.24) is 0 Å². The van der Waals surface area contributed by atoms with E-state index in [4.69, 9.17) is 5.11 Å². The summed E-state index contributed by atoms with van der Waals surface area (Å²) in [6, 6.07) is 0. The zero-order valence-corrected chi connectivity index (χ0v) is 14.1. The van der Waals surface area contributed by atoms with E-state index in [1.165, 1.54) is 77.0 Å². The minimum absolute atomic E-state index is 0.350. The van der Waals surface area contributed by atoms with Gasteiger partial charge in [0, 0.05) is 6.42 Å². The van der Waals surface area contributed by atoms with Crippen LogP contribution < -0.4 is 0 Å². The summed E-state index contributed by atoms with van der Waals surface area (Å²) < 4.78 is 0. The molecule has 0 radical (unpaired) electrons. The van der Waals surface area contributed by atoms with Crippen molar-refractivity contribution in [2.45, 2.75) is 103 Å². The summed E-state index contributed by atoms with van der Waals surface area (Å²) in [6.07, 6.45) is 19.2. The third kappa shape index (κ3) is 10.8. The molecule has 124 valence electrons. The van der Waals surface area contributed by atoms with Crippen molar-refractivity contribution in [2.24, 2.45) is 11.8 Å². The third-order valence-electron chi connectivity index (χ3n) is 4.96. The molecule has 1 aliphatic rings. The molecule has 2 atom stereocenters. The number of rotatable bonds is 15. The van der Waals surface area contributed by atoms with Crippen molar-refractivity contribution < 1.29 is 9.90 Å². The molecule has 2 nitrogen and oxygen atoms in total. The van der Waals surface area contributed by atoms with Crippen LogP contribution in [0.1, 0.15) is 103 Å². The lowest BCUT2D eigenvalue weighted by Crippen LogP contribution is -1.93. The molecule has 0 bridgehead atoms. The average Bonchev–Trinajstić information content (AvgIpc) is 3.20. The summed E-state index contributed by atoms with van der Waals surface area (Å²) >= 11 is 0. The Morgan fingerprint density at radius 1 is 0.810 bits per heavy atom. The fourth-order valence-corrected chi connectivity index (χ4v) is 3.42. The highest BCUT2D eigenvalue weighted by atomic mass is 16.4. The van der Waals surface area contributed by atoms with Gasteiger partial charge in [0.05, 0.1) is 0 Å². The molecule has 1 rings (SSSR count). The molecule has 21 heavy (non-hydrogen) atoms. The van der Waals surface area contributed by atoms with Crippen LogP contribution in [0.2, 0.25) is 0 Å². The van der Waals surface area contributed by atoms with Gasteiger partial charge < -0.3 is 5.11 Å². The SMILES string of the molecule is CCCCCCCC[C@@H]1C[C@H]1CCCCCCCC(=O)O. The Bertz CT molecular complexity index is 262. The molecule has 0 unspecified atom stereocenters. The van der Waals surface area contributed by atoms with Crippen molar-refractivity contribution in [2.75, 3.05) is 0 Å². The Kier molecular flexibility index (Phi) is 10.6. The van der Waals surface area contributed by atoms with E-state index in [0.717, 1.165) is 24.7 Å². The van der Waals surface area contributed by atoms with E-state index in [1.54, 1.807) is 0 Å². The van der Waals surface area contributed by atoms with Crippen molar-refractivity contribution in [1.29, 1.82) is 0 Å². The second-order valence-corrected chi connectivity index (χ2v) is 7.01. The highest BCUT2D eigenvalue weighted by Gasteiger charge is 2.34. The quantitative estimate of drug-likeness (QED) is 0.366. The van der Waals surface area contributed by atoms with Gasteiger partial charge in [-0.2, -0.15) is 0 Å². The first-order chi connectivity index (χ1) is 10.2. The zero-order chi connectivity index (χ0) is 15.3. The summed E-state index contributed by atoms with van der Waals surface area (Å²) in [4.78, 5) is 10.4. The second-order valence-electron chi connectivity index (χ2n) is 7.01. The highest BCUT2D eigenvalue weighted by Crippen LogP contribution is 2.45. The maximum absolute atomic E-state index is 10.4. The fourth-order valence-electron chi connectivity index (χ4n) is 3.42. The van der Waals surface area contributed by atoms with Gasteiger partial charge in [0.25, 0.3) is 0 Å². The van der Waals surface area contributed by atoms with Gasteiger partial charge in [-0.1, -0.05) is 84.0 Å². The van der Waals surface area contributed by atoms with Gasteiger partial charge >= 0.3 is 5.97 Å². The summed E-state index contributed by atoms with van der Waals surface area (Å²) in [5.41, 5.74) is 0. The lowest BCUT2D eigenvalue weighted by molar-refractivity contribution is -0.137. The van der Waals surface area contributed by atoms with E-state index in [1.807, 2.05) is 0 Å². The number of carbonyl (C=O) groups is 1. The van der Waals surface area contributed by atoms with E-state index in [0.29, 0.717) is 6.42 Å². The monoisotopic (exact) mass is 296 g/mol. The van der Waals surface area contributed by atoms with Crippen LogP contribution in [0.5, 0.6) is 0 Å². The smallest absolute Gasteiger partial charge is 0.303 e. The Hall–Kier alpha value is -0.530. The van der Waals surface area contributed by atoms with Gasteiger partial charge in [-0.25, -0.2) is 0 Å². The molecule has 1 fully saturated rings. The Balaban J connectivity index is 1.77. The van der Waals surface area contributed by atoms with Crippen LogP contribution in [-0.2, 0) is 4.79 Å². The van der Waals surface area contributed by atoms with Gasteiger partial charge in [-0.3, -0.25) is 4.79 Å². The summed E-state index contributed by atoms with van der Waals surface area (Å²) in [5, 5.41) is 8.56. The van der Waals surface area contributed by atoms with E-state index in [2.05, 4.69) is 6.92 Å². The predicted molar refractivity (Wildman–Crippen MR) is 89.5 cm³/mol. The van der Waals surface area contributed by atoms with Gasteiger partial charge in [0.15, 0.2) is 0 Å². The van der Waals surface area contributed by atoms with Crippen LogP contribution in [0.15, 0.2) is 0 Å². The van der Waals surface area contributed by atoms with Crippen LogP contribution >= 0.6 is 0 Å². The van der Waals surface area contributed by atoms with Gasteiger partial charge in [0.1, 0.15) is 0 Å². The number of carboxylic acid groups (broad SMARTS) is 1. The first kappa shape index (κ1) is 18.5. The van der Waals surface area contributed by atoms with Crippen LogP contribution in [0.4, 0.5) is 0 Å². The maximum Gasteiger partial charge on any atom is 0.303 e. The van der Waals surface area contributed by atoms with Crippen LogP contribution in [0.25, 0.3) is 0 Å². The van der Waals surface area contributed by atoms with Crippen molar-refractivity contribution >= 4 is 5.97 Å². The molecule has 0 aromatic rings. The van der Waals surface area contributed by atoms with Crippen LogP contribution in [-0.4, -0.2) is 11.1 Å².